The first-order valence-electron chi connectivity index (χ1n) is 5.95. The van der Waals surface area contributed by atoms with Crippen LogP contribution >= 0.6 is 0 Å². The van der Waals surface area contributed by atoms with E-state index >= 15 is 0 Å². The highest BCUT2D eigenvalue weighted by Gasteiger charge is 2.12. The minimum Gasteiger partial charge on any atom is -0.314 e. The molecule has 15 heavy (non-hydrogen) atoms. The maximum absolute atomic E-state index is 3.48. The lowest BCUT2D eigenvalue weighted by atomic mass is 10.3. The van der Waals surface area contributed by atoms with Gasteiger partial charge in [-0.3, -0.25) is 4.90 Å². The van der Waals surface area contributed by atoms with E-state index in [1.165, 1.54) is 32.7 Å². The van der Waals surface area contributed by atoms with Crippen LogP contribution in [0.3, 0.4) is 0 Å². The molecule has 0 radical (unpaired) electrons. The zero-order valence-corrected chi connectivity index (χ0v) is 10.5. The van der Waals surface area contributed by atoms with Gasteiger partial charge in [0.15, 0.2) is 0 Å². The summed E-state index contributed by atoms with van der Waals surface area (Å²) in [6, 6.07) is 0. The summed E-state index contributed by atoms with van der Waals surface area (Å²) in [5, 5.41) is 3.48. The van der Waals surface area contributed by atoms with Crippen molar-refractivity contribution >= 4 is 0 Å². The standard InChI is InChI=1S/C11H26N4/c1-13(2)6-4-12-5-7-15-10-8-14(3)9-11-15/h12H,4-11H2,1-3H3. The quantitative estimate of drug-likeness (QED) is 0.595. The van der Waals surface area contributed by atoms with Gasteiger partial charge in [0, 0.05) is 52.4 Å². The predicted octanol–water partition coefficient (Wildman–Crippen LogP) is -0.615. The maximum atomic E-state index is 3.48. The molecule has 1 aliphatic rings. The molecule has 1 saturated heterocycles. The molecule has 0 amide bonds. The van der Waals surface area contributed by atoms with Crippen LogP contribution in [0.2, 0.25) is 0 Å². The fourth-order valence-electron chi connectivity index (χ4n) is 1.74. The van der Waals surface area contributed by atoms with Crippen molar-refractivity contribution < 1.29 is 0 Å². The third-order valence-corrected chi connectivity index (χ3v) is 2.94. The summed E-state index contributed by atoms with van der Waals surface area (Å²) in [5.74, 6) is 0. The van der Waals surface area contributed by atoms with E-state index < -0.39 is 0 Å². The number of rotatable bonds is 6. The van der Waals surface area contributed by atoms with Crippen molar-refractivity contribution in [3.05, 3.63) is 0 Å². The molecular weight excluding hydrogens is 188 g/mol. The van der Waals surface area contributed by atoms with Crippen LogP contribution in [0, 0.1) is 0 Å². The summed E-state index contributed by atoms with van der Waals surface area (Å²) in [4.78, 5) is 7.15. The van der Waals surface area contributed by atoms with Gasteiger partial charge in [-0.1, -0.05) is 0 Å². The smallest absolute Gasteiger partial charge is 0.0110 e. The highest BCUT2D eigenvalue weighted by molar-refractivity contribution is 4.69. The number of nitrogens with zero attached hydrogens (tertiary/aromatic N) is 3. The van der Waals surface area contributed by atoms with E-state index in [9.17, 15) is 0 Å². The van der Waals surface area contributed by atoms with E-state index in [0.29, 0.717) is 0 Å². The van der Waals surface area contributed by atoms with Gasteiger partial charge < -0.3 is 15.1 Å². The lowest BCUT2D eigenvalue weighted by molar-refractivity contribution is 0.154. The van der Waals surface area contributed by atoms with E-state index in [0.717, 1.165) is 19.6 Å². The number of likely N-dealkylation sites (N-methyl/N-ethyl adjacent to an activating group) is 2. The first kappa shape index (κ1) is 12.9. The Hall–Kier alpha value is -0.160. The van der Waals surface area contributed by atoms with Crippen LogP contribution in [0.15, 0.2) is 0 Å². The average molecular weight is 214 g/mol. The molecule has 0 atom stereocenters. The normalized spacial score (nSPS) is 20.0. The van der Waals surface area contributed by atoms with E-state index in [4.69, 9.17) is 0 Å². The van der Waals surface area contributed by atoms with Crippen molar-refractivity contribution in [2.75, 3.05) is 73.5 Å². The van der Waals surface area contributed by atoms with Crippen LogP contribution in [0.1, 0.15) is 0 Å². The van der Waals surface area contributed by atoms with Gasteiger partial charge in [-0.2, -0.15) is 0 Å². The summed E-state index contributed by atoms with van der Waals surface area (Å²) >= 11 is 0. The Morgan fingerprint density at radius 1 is 1.07 bits per heavy atom. The van der Waals surface area contributed by atoms with Gasteiger partial charge >= 0.3 is 0 Å². The van der Waals surface area contributed by atoms with Gasteiger partial charge in [-0.25, -0.2) is 0 Å². The second kappa shape index (κ2) is 7.17. The fourth-order valence-corrected chi connectivity index (χ4v) is 1.74. The summed E-state index contributed by atoms with van der Waals surface area (Å²) in [6.45, 7) is 9.44. The maximum Gasteiger partial charge on any atom is 0.0110 e. The molecule has 0 aromatic rings. The van der Waals surface area contributed by atoms with E-state index in [1.54, 1.807) is 0 Å². The SMILES string of the molecule is CN(C)CCNCCN1CCN(C)CC1. The zero-order valence-electron chi connectivity index (χ0n) is 10.5. The van der Waals surface area contributed by atoms with Crippen LogP contribution in [0.5, 0.6) is 0 Å². The van der Waals surface area contributed by atoms with Crippen molar-refractivity contribution in [1.29, 1.82) is 0 Å². The molecule has 1 heterocycles. The monoisotopic (exact) mass is 214 g/mol. The highest BCUT2D eigenvalue weighted by Crippen LogP contribution is 1.97. The second-order valence-electron chi connectivity index (χ2n) is 4.70. The Morgan fingerprint density at radius 3 is 2.33 bits per heavy atom. The molecule has 1 N–H and O–H groups in total. The molecule has 0 spiro atoms. The average Bonchev–Trinajstić information content (AvgIpc) is 2.20. The number of hydrogen-bond donors (Lipinski definition) is 1. The van der Waals surface area contributed by atoms with Gasteiger partial charge in [0.2, 0.25) is 0 Å². The van der Waals surface area contributed by atoms with Gasteiger partial charge in [-0.15, -0.1) is 0 Å². The number of nitrogens with one attached hydrogen (secondary N) is 1. The molecule has 4 nitrogen and oxygen atoms in total. The lowest BCUT2D eigenvalue weighted by Crippen LogP contribution is -2.46. The summed E-state index contributed by atoms with van der Waals surface area (Å²) in [6.07, 6.45) is 0. The minimum atomic E-state index is 1.10. The van der Waals surface area contributed by atoms with Gasteiger partial charge in [0.1, 0.15) is 0 Å². The van der Waals surface area contributed by atoms with Gasteiger partial charge in [0.05, 0.1) is 0 Å². The molecule has 0 aromatic heterocycles. The molecule has 0 aliphatic carbocycles. The summed E-state index contributed by atoms with van der Waals surface area (Å²) in [7, 11) is 6.43. The molecule has 1 fully saturated rings. The molecule has 1 rings (SSSR count). The molecular formula is C11H26N4. The van der Waals surface area contributed by atoms with Crippen molar-refractivity contribution in [1.82, 2.24) is 20.0 Å². The van der Waals surface area contributed by atoms with Crippen LogP contribution in [-0.2, 0) is 0 Å². The molecule has 0 bridgehead atoms. The number of hydrogen-bond acceptors (Lipinski definition) is 4. The van der Waals surface area contributed by atoms with E-state index in [-0.39, 0.29) is 0 Å². The van der Waals surface area contributed by atoms with Crippen molar-refractivity contribution in [2.24, 2.45) is 0 Å². The van der Waals surface area contributed by atoms with Gasteiger partial charge in [0.25, 0.3) is 0 Å². The molecule has 0 unspecified atom stereocenters. The Balaban J connectivity index is 1.91. The largest absolute Gasteiger partial charge is 0.314 e. The van der Waals surface area contributed by atoms with Crippen molar-refractivity contribution in [3.63, 3.8) is 0 Å². The Bertz CT molecular complexity index is 153. The van der Waals surface area contributed by atoms with Crippen LogP contribution in [0.4, 0.5) is 0 Å². The predicted molar refractivity (Wildman–Crippen MR) is 65.4 cm³/mol. The van der Waals surface area contributed by atoms with Crippen molar-refractivity contribution in [3.8, 4) is 0 Å². The molecule has 90 valence electrons. The molecule has 0 aromatic carbocycles. The zero-order chi connectivity index (χ0) is 11.1. The fraction of sp³-hybridized carbons (Fsp3) is 1.00. The number of piperazine rings is 1. The van der Waals surface area contributed by atoms with Crippen molar-refractivity contribution in [2.45, 2.75) is 0 Å². The molecule has 1 aliphatic heterocycles. The Morgan fingerprint density at radius 2 is 1.73 bits per heavy atom. The van der Waals surface area contributed by atoms with Crippen LogP contribution in [-0.4, -0.2) is 88.2 Å². The Labute approximate surface area is 94.2 Å². The second-order valence-corrected chi connectivity index (χ2v) is 4.70. The molecule has 0 saturated carbocycles. The molecule has 4 heteroatoms. The highest BCUT2D eigenvalue weighted by atomic mass is 15.2. The topological polar surface area (TPSA) is 21.8 Å². The minimum absolute atomic E-state index is 1.10. The Kier molecular flexibility index (Phi) is 6.17. The van der Waals surface area contributed by atoms with E-state index in [2.05, 4.69) is 41.2 Å². The third-order valence-electron chi connectivity index (χ3n) is 2.94. The van der Waals surface area contributed by atoms with E-state index in [1.807, 2.05) is 0 Å². The first-order chi connectivity index (χ1) is 7.18. The first-order valence-corrected chi connectivity index (χ1v) is 5.95. The summed E-state index contributed by atoms with van der Waals surface area (Å²) < 4.78 is 0. The third kappa shape index (κ3) is 6.10. The van der Waals surface area contributed by atoms with Crippen LogP contribution in [0.25, 0.3) is 0 Å². The van der Waals surface area contributed by atoms with Crippen LogP contribution < -0.4 is 5.32 Å². The summed E-state index contributed by atoms with van der Waals surface area (Å²) in [5.41, 5.74) is 0. The van der Waals surface area contributed by atoms with Gasteiger partial charge in [-0.05, 0) is 21.1 Å². The lowest BCUT2D eigenvalue weighted by Gasteiger charge is -2.32.